The molecular weight excluding hydrogens is 583 g/mol. The zero-order valence-electron chi connectivity index (χ0n) is 24.2. The van der Waals surface area contributed by atoms with Crippen LogP contribution in [0, 0.1) is 6.92 Å². The topological polar surface area (TPSA) is 119 Å². The summed E-state index contributed by atoms with van der Waals surface area (Å²) in [6, 6.07) is 20.1. The Labute approximate surface area is 259 Å². The third-order valence-electron chi connectivity index (χ3n) is 7.89. The highest BCUT2D eigenvalue weighted by atomic mass is 32.2. The number of phenols is 1. The second-order valence-electron chi connectivity index (χ2n) is 11.2. The average molecular weight is 618 g/mol. The molecule has 224 valence electrons. The lowest BCUT2D eigenvalue weighted by Gasteiger charge is -2.33. The second kappa shape index (κ2) is 12.8. The van der Waals surface area contributed by atoms with Gasteiger partial charge in [0.1, 0.15) is 11.8 Å². The molecule has 3 aromatic carbocycles. The van der Waals surface area contributed by atoms with Crippen molar-refractivity contribution in [2.75, 3.05) is 5.88 Å². The van der Waals surface area contributed by atoms with Crippen molar-refractivity contribution in [1.29, 1.82) is 0 Å². The third kappa shape index (κ3) is 6.56. The molecule has 43 heavy (non-hydrogen) atoms. The first-order valence-corrected chi connectivity index (χ1v) is 15.9. The predicted molar refractivity (Wildman–Crippen MR) is 171 cm³/mol. The van der Waals surface area contributed by atoms with Crippen molar-refractivity contribution in [2.45, 2.75) is 56.7 Å². The normalized spacial score (nSPS) is 17.4. The molecule has 3 atom stereocenters. The van der Waals surface area contributed by atoms with E-state index >= 15 is 0 Å². The van der Waals surface area contributed by atoms with Gasteiger partial charge in [-0.25, -0.2) is 0 Å². The van der Waals surface area contributed by atoms with Gasteiger partial charge in [-0.3, -0.25) is 14.4 Å². The molecule has 8 nitrogen and oxygen atoms in total. The summed E-state index contributed by atoms with van der Waals surface area (Å²) in [4.78, 5) is 42.3. The van der Waals surface area contributed by atoms with Crippen LogP contribution in [-0.4, -0.2) is 61.6 Å². The number of nitrogens with one attached hydrogen (secondary N) is 2. The Balaban J connectivity index is 1.36. The number of thiophene rings is 1. The van der Waals surface area contributed by atoms with Crippen molar-refractivity contribution in [1.82, 2.24) is 15.5 Å². The van der Waals surface area contributed by atoms with Crippen molar-refractivity contribution in [3.8, 4) is 5.75 Å². The Kier molecular flexibility index (Phi) is 9.10. The van der Waals surface area contributed by atoms with Crippen LogP contribution in [0.25, 0.3) is 10.1 Å². The number of carbonyl (C=O) groups is 3. The number of amides is 3. The summed E-state index contributed by atoms with van der Waals surface area (Å²) in [5.74, 6) is -1.25. The number of thioether (sulfide) groups is 1. The number of fused-ring (bicyclic) bond motifs is 1. The fourth-order valence-electron chi connectivity index (χ4n) is 5.43. The van der Waals surface area contributed by atoms with E-state index in [1.807, 2.05) is 73.8 Å². The van der Waals surface area contributed by atoms with Crippen molar-refractivity contribution in [3.05, 3.63) is 100 Å². The van der Waals surface area contributed by atoms with Gasteiger partial charge in [0.25, 0.3) is 11.8 Å². The van der Waals surface area contributed by atoms with Crippen molar-refractivity contribution in [2.24, 2.45) is 0 Å². The van der Waals surface area contributed by atoms with Crippen LogP contribution in [0.4, 0.5) is 0 Å². The van der Waals surface area contributed by atoms with Gasteiger partial charge in [-0.15, -0.1) is 23.1 Å². The standard InChI is InChI=1S/C33H35N3O5S2/c1-20-23(13-9-14-26(20)37)30(39)35-25(16-21-10-5-4-6-11-21)28(38)32(41)36-19-43-33(2,3)29(36)31(40)34-17-22-18-42-27-15-8-7-12-24(22)27/h4-15,18,25,28-29,37-38H,16-17,19H2,1-3H3,(H,34,40)(H,35,39). The quantitative estimate of drug-likeness (QED) is 0.218. The predicted octanol–water partition coefficient (Wildman–Crippen LogP) is 4.61. The molecule has 3 unspecified atom stereocenters. The van der Waals surface area contributed by atoms with Gasteiger partial charge in [0, 0.05) is 27.1 Å². The maximum atomic E-state index is 13.9. The Bertz CT molecular complexity index is 1640. The fraction of sp³-hybridized carbons (Fsp3) is 0.303. The smallest absolute Gasteiger partial charge is 0.254 e. The Morgan fingerprint density at radius 3 is 2.51 bits per heavy atom. The monoisotopic (exact) mass is 617 g/mol. The minimum Gasteiger partial charge on any atom is -0.508 e. The Morgan fingerprint density at radius 1 is 1.02 bits per heavy atom. The van der Waals surface area contributed by atoms with Crippen LogP contribution < -0.4 is 10.6 Å². The molecule has 0 spiro atoms. The number of aliphatic hydroxyl groups excluding tert-OH is 1. The van der Waals surface area contributed by atoms with Crippen LogP contribution in [0.5, 0.6) is 5.75 Å². The molecule has 4 aromatic rings. The van der Waals surface area contributed by atoms with Gasteiger partial charge in [0.05, 0.1) is 11.9 Å². The number of nitrogens with zero attached hydrogens (tertiary/aromatic N) is 1. The highest BCUT2D eigenvalue weighted by molar-refractivity contribution is 8.00. The molecule has 0 aliphatic carbocycles. The molecule has 3 amide bonds. The van der Waals surface area contributed by atoms with E-state index < -0.39 is 34.7 Å². The van der Waals surface area contributed by atoms with E-state index in [4.69, 9.17) is 0 Å². The summed E-state index contributed by atoms with van der Waals surface area (Å²) in [6.45, 7) is 5.77. The molecule has 10 heteroatoms. The first kappa shape index (κ1) is 30.6. The van der Waals surface area contributed by atoms with Crippen LogP contribution in [-0.2, 0) is 22.6 Å². The zero-order valence-corrected chi connectivity index (χ0v) is 25.9. The number of hydrogen-bond donors (Lipinski definition) is 4. The Morgan fingerprint density at radius 2 is 1.74 bits per heavy atom. The lowest BCUT2D eigenvalue weighted by Crippen LogP contribution is -2.58. The average Bonchev–Trinajstić information content (AvgIpc) is 3.56. The van der Waals surface area contributed by atoms with E-state index in [0.29, 0.717) is 12.1 Å². The summed E-state index contributed by atoms with van der Waals surface area (Å²) in [6.07, 6.45) is -1.43. The van der Waals surface area contributed by atoms with Crippen molar-refractivity contribution < 1.29 is 24.6 Å². The highest BCUT2D eigenvalue weighted by Gasteiger charge is 2.49. The first-order valence-electron chi connectivity index (χ1n) is 14.1. The third-order valence-corrected chi connectivity index (χ3v) is 10.3. The molecule has 1 aliphatic heterocycles. The van der Waals surface area contributed by atoms with Crippen molar-refractivity contribution in [3.63, 3.8) is 0 Å². The van der Waals surface area contributed by atoms with Crippen LogP contribution >= 0.6 is 23.1 Å². The number of aromatic hydroxyl groups is 1. The van der Waals surface area contributed by atoms with Gasteiger partial charge in [-0.2, -0.15) is 0 Å². The van der Waals surface area contributed by atoms with E-state index in [9.17, 15) is 24.6 Å². The highest BCUT2D eigenvalue weighted by Crippen LogP contribution is 2.40. The summed E-state index contributed by atoms with van der Waals surface area (Å²) in [7, 11) is 0. The molecule has 5 rings (SSSR count). The van der Waals surface area contributed by atoms with Crippen molar-refractivity contribution >= 4 is 50.9 Å². The van der Waals surface area contributed by atoms with Crippen LogP contribution in [0.2, 0.25) is 0 Å². The number of carbonyl (C=O) groups excluding carboxylic acids is 3. The molecule has 1 aliphatic rings. The number of benzene rings is 3. The van der Waals surface area contributed by atoms with Gasteiger partial charge < -0.3 is 25.7 Å². The summed E-state index contributed by atoms with van der Waals surface area (Å²) < 4.78 is 0.531. The van der Waals surface area contributed by atoms with E-state index in [1.165, 1.54) is 22.7 Å². The molecule has 1 aromatic heterocycles. The first-order chi connectivity index (χ1) is 20.6. The maximum Gasteiger partial charge on any atom is 0.254 e. The van der Waals surface area contributed by atoms with Gasteiger partial charge in [0.15, 0.2) is 6.10 Å². The summed E-state index contributed by atoms with van der Waals surface area (Å²) in [5.41, 5.74) is 2.46. The molecule has 0 radical (unpaired) electrons. The van der Waals surface area contributed by atoms with E-state index in [2.05, 4.69) is 10.6 Å². The fourth-order valence-corrected chi connectivity index (χ4v) is 7.53. The van der Waals surface area contributed by atoms with Gasteiger partial charge in [-0.1, -0.05) is 54.6 Å². The molecule has 4 N–H and O–H groups in total. The molecule has 0 bridgehead atoms. The number of hydrogen-bond acceptors (Lipinski definition) is 7. The molecule has 1 saturated heterocycles. The lowest BCUT2D eigenvalue weighted by molar-refractivity contribution is -0.147. The lowest BCUT2D eigenvalue weighted by atomic mass is 9.96. The van der Waals surface area contributed by atoms with Crippen LogP contribution in [0.1, 0.15) is 40.9 Å². The van der Waals surface area contributed by atoms with Gasteiger partial charge in [-0.05, 0) is 67.3 Å². The second-order valence-corrected chi connectivity index (χ2v) is 13.7. The zero-order chi connectivity index (χ0) is 30.7. The van der Waals surface area contributed by atoms with Crippen LogP contribution in [0.3, 0.4) is 0 Å². The SMILES string of the molecule is Cc1c(O)cccc1C(=O)NC(Cc1ccccc1)C(O)C(=O)N1CSC(C)(C)C1C(=O)NCc1csc2ccccc12. The maximum absolute atomic E-state index is 13.9. The van der Waals surface area contributed by atoms with E-state index in [1.54, 1.807) is 30.4 Å². The number of aliphatic hydroxyl groups is 1. The van der Waals surface area contributed by atoms with Crippen LogP contribution in [0.15, 0.2) is 78.2 Å². The minimum atomic E-state index is -1.62. The molecular formula is C33H35N3O5S2. The minimum absolute atomic E-state index is 0.0236. The van der Waals surface area contributed by atoms with E-state index in [0.717, 1.165) is 21.2 Å². The number of phenolic OH excluding ortho intramolecular Hbond substituents is 1. The van der Waals surface area contributed by atoms with Gasteiger partial charge in [0.2, 0.25) is 5.91 Å². The summed E-state index contributed by atoms with van der Waals surface area (Å²) >= 11 is 3.08. The Hall–Kier alpha value is -3.86. The largest absolute Gasteiger partial charge is 0.508 e. The molecule has 0 saturated carbocycles. The van der Waals surface area contributed by atoms with Gasteiger partial charge >= 0.3 is 0 Å². The van der Waals surface area contributed by atoms with E-state index in [-0.39, 0.29) is 29.5 Å². The molecule has 2 heterocycles. The molecule has 1 fully saturated rings. The summed E-state index contributed by atoms with van der Waals surface area (Å²) in [5, 5.41) is 30.6. The number of rotatable bonds is 9.